The lowest BCUT2D eigenvalue weighted by Gasteiger charge is -2.28. The predicted octanol–water partition coefficient (Wildman–Crippen LogP) is 6.64. The van der Waals surface area contributed by atoms with Crippen molar-refractivity contribution < 1.29 is 4.74 Å². The third-order valence-electron chi connectivity index (χ3n) is 6.70. The Morgan fingerprint density at radius 3 is 2.54 bits per heavy atom. The standard InChI is InChI=1S/C28H27ClN4OS/c1-17-15-22(19(3)32(17)25-13-8-11-23(29)18(25)2)27-26(24-12-5-6-14-30-24)31-28(35)33(27)20-9-7-10-21(16-20)34-4/h5-16,26-27H,1-4H3,(H,31,35)/t26-,27+/m1/s1. The number of halogens is 1. The Labute approximate surface area is 216 Å². The fourth-order valence-electron chi connectivity index (χ4n) is 5.01. The Kier molecular flexibility index (Phi) is 6.26. The lowest BCUT2D eigenvalue weighted by atomic mass is 9.96. The molecule has 0 aliphatic carbocycles. The number of aromatic nitrogens is 2. The number of thiocarbonyl (C=S) groups is 1. The van der Waals surface area contributed by atoms with Gasteiger partial charge in [-0.05, 0) is 86.6 Å². The molecule has 2 aromatic carbocycles. The number of rotatable bonds is 5. The lowest BCUT2D eigenvalue weighted by molar-refractivity contribution is 0.415. The molecule has 5 nitrogen and oxygen atoms in total. The molecule has 178 valence electrons. The number of pyridine rings is 1. The van der Waals surface area contributed by atoms with Gasteiger partial charge in [-0.1, -0.05) is 29.8 Å². The smallest absolute Gasteiger partial charge is 0.174 e. The average molecular weight is 503 g/mol. The van der Waals surface area contributed by atoms with E-state index in [1.807, 2.05) is 54.7 Å². The van der Waals surface area contributed by atoms with Crippen LogP contribution in [0.4, 0.5) is 5.69 Å². The van der Waals surface area contributed by atoms with Crippen LogP contribution in [0.2, 0.25) is 5.02 Å². The van der Waals surface area contributed by atoms with E-state index in [1.165, 1.54) is 5.56 Å². The summed E-state index contributed by atoms with van der Waals surface area (Å²) in [4.78, 5) is 6.85. The molecule has 4 aromatic rings. The van der Waals surface area contributed by atoms with E-state index in [4.69, 9.17) is 28.6 Å². The summed E-state index contributed by atoms with van der Waals surface area (Å²) in [6.07, 6.45) is 1.82. The second kappa shape index (κ2) is 9.36. The summed E-state index contributed by atoms with van der Waals surface area (Å²) in [6, 6.07) is 22.0. The van der Waals surface area contributed by atoms with E-state index >= 15 is 0 Å². The SMILES string of the molecule is COc1cccc(N2C(=S)N[C@H](c3ccccn3)[C@@H]2c2cc(C)n(-c3cccc(Cl)c3C)c2C)c1. The van der Waals surface area contributed by atoms with Gasteiger partial charge in [0, 0.05) is 40.0 Å². The van der Waals surface area contributed by atoms with Crippen molar-refractivity contribution in [2.24, 2.45) is 0 Å². The first-order valence-corrected chi connectivity index (χ1v) is 12.3. The first-order valence-electron chi connectivity index (χ1n) is 11.5. The molecule has 35 heavy (non-hydrogen) atoms. The Hall–Kier alpha value is -3.35. The monoisotopic (exact) mass is 502 g/mol. The van der Waals surface area contributed by atoms with Crippen molar-refractivity contribution >= 4 is 34.6 Å². The van der Waals surface area contributed by atoms with Crippen LogP contribution >= 0.6 is 23.8 Å². The van der Waals surface area contributed by atoms with Crippen molar-refractivity contribution in [3.05, 3.63) is 106 Å². The minimum atomic E-state index is -0.121. The van der Waals surface area contributed by atoms with Crippen molar-refractivity contribution in [2.45, 2.75) is 32.9 Å². The first kappa shape index (κ1) is 23.4. The molecule has 1 fully saturated rings. The molecule has 0 bridgehead atoms. The third kappa shape index (κ3) is 4.07. The molecule has 3 heterocycles. The molecule has 0 unspecified atom stereocenters. The zero-order valence-corrected chi connectivity index (χ0v) is 21.7. The Balaban J connectivity index is 1.70. The number of nitrogens with zero attached hydrogens (tertiary/aromatic N) is 3. The second-order valence-electron chi connectivity index (χ2n) is 8.74. The maximum atomic E-state index is 6.49. The quantitative estimate of drug-likeness (QED) is 0.310. The van der Waals surface area contributed by atoms with Crippen molar-refractivity contribution in [1.82, 2.24) is 14.9 Å². The summed E-state index contributed by atoms with van der Waals surface area (Å²) < 4.78 is 7.79. The van der Waals surface area contributed by atoms with Crippen LogP contribution in [0.25, 0.3) is 5.69 Å². The molecule has 1 saturated heterocycles. The van der Waals surface area contributed by atoms with Crippen LogP contribution in [0, 0.1) is 20.8 Å². The molecule has 0 saturated carbocycles. The summed E-state index contributed by atoms with van der Waals surface area (Å²) in [7, 11) is 1.68. The molecule has 1 aliphatic rings. The van der Waals surface area contributed by atoms with Crippen LogP contribution in [-0.2, 0) is 0 Å². The predicted molar refractivity (Wildman–Crippen MR) is 146 cm³/mol. The Morgan fingerprint density at radius 1 is 1.00 bits per heavy atom. The normalized spacial score (nSPS) is 17.5. The van der Waals surface area contributed by atoms with Gasteiger partial charge in [-0.2, -0.15) is 0 Å². The number of hydrogen-bond acceptors (Lipinski definition) is 3. The first-order chi connectivity index (χ1) is 16.9. The highest BCUT2D eigenvalue weighted by atomic mass is 35.5. The number of benzene rings is 2. The van der Waals surface area contributed by atoms with Gasteiger partial charge in [0.2, 0.25) is 0 Å². The molecule has 7 heteroatoms. The van der Waals surface area contributed by atoms with Gasteiger partial charge in [0.1, 0.15) is 5.75 Å². The molecule has 0 amide bonds. The van der Waals surface area contributed by atoms with Gasteiger partial charge in [-0.15, -0.1) is 0 Å². The number of ether oxygens (including phenoxy) is 1. The summed E-state index contributed by atoms with van der Waals surface area (Å²) in [5.74, 6) is 0.783. The molecular weight excluding hydrogens is 476 g/mol. The zero-order valence-electron chi connectivity index (χ0n) is 20.1. The third-order valence-corrected chi connectivity index (χ3v) is 7.42. The molecule has 5 rings (SSSR count). The topological polar surface area (TPSA) is 42.3 Å². The van der Waals surface area contributed by atoms with E-state index in [0.29, 0.717) is 5.11 Å². The average Bonchev–Trinajstić information content (AvgIpc) is 3.36. The van der Waals surface area contributed by atoms with E-state index in [0.717, 1.165) is 44.8 Å². The van der Waals surface area contributed by atoms with E-state index in [-0.39, 0.29) is 12.1 Å². The maximum absolute atomic E-state index is 6.49. The number of aryl methyl sites for hydroxylation is 1. The Bertz CT molecular complexity index is 1400. The molecule has 1 N–H and O–H groups in total. The summed E-state index contributed by atoms with van der Waals surface area (Å²) in [6.45, 7) is 6.34. The van der Waals surface area contributed by atoms with E-state index in [1.54, 1.807) is 7.11 Å². The molecule has 0 radical (unpaired) electrons. The largest absolute Gasteiger partial charge is 0.497 e. The molecular formula is C28H27ClN4OS. The molecule has 1 aliphatic heterocycles. The van der Waals surface area contributed by atoms with Crippen LogP contribution in [0.5, 0.6) is 5.75 Å². The van der Waals surface area contributed by atoms with Crippen LogP contribution in [-0.4, -0.2) is 21.8 Å². The lowest BCUT2D eigenvalue weighted by Crippen LogP contribution is -2.29. The number of methoxy groups -OCH3 is 1. The minimum Gasteiger partial charge on any atom is -0.497 e. The van der Waals surface area contributed by atoms with Crippen molar-refractivity contribution in [1.29, 1.82) is 0 Å². The summed E-state index contributed by atoms with van der Waals surface area (Å²) in [5.41, 5.74) is 7.48. The highest BCUT2D eigenvalue weighted by Gasteiger charge is 2.42. The Morgan fingerprint density at radius 2 is 1.80 bits per heavy atom. The maximum Gasteiger partial charge on any atom is 0.174 e. The van der Waals surface area contributed by atoms with Crippen molar-refractivity contribution in [3.8, 4) is 11.4 Å². The highest BCUT2D eigenvalue weighted by Crippen LogP contribution is 2.44. The van der Waals surface area contributed by atoms with Gasteiger partial charge in [-0.25, -0.2) is 0 Å². The number of nitrogens with one attached hydrogen (secondary N) is 1. The van der Waals surface area contributed by atoms with Crippen molar-refractivity contribution in [3.63, 3.8) is 0 Å². The fourth-order valence-corrected chi connectivity index (χ4v) is 5.52. The fraction of sp³-hybridized carbons (Fsp3) is 0.214. The molecule has 2 atom stereocenters. The molecule has 2 aromatic heterocycles. The minimum absolute atomic E-state index is 0.107. The van der Waals surface area contributed by atoms with Gasteiger partial charge in [0.05, 0.1) is 24.9 Å². The summed E-state index contributed by atoms with van der Waals surface area (Å²) in [5, 5.41) is 4.95. The van der Waals surface area contributed by atoms with Gasteiger partial charge < -0.3 is 19.5 Å². The number of anilines is 1. The zero-order chi connectivity index (χ0) is 24.7. The highest BCUT2D eigenvalue weighted by molar-refractivity contribution is 7.80. The van der Waals surface area contributed by atoms with E-state index < -0.39 is 0 Å². The van der Waals surface area contributed by atoms with Gasteiger partial charge in [-0.3, -0.25) is 4.98 Å². The second-order valence-corrected chi connectivity index (χ2v) is 9.54. The number of hydrogen-bond donors (Lipinski definition) is 1. The van der Waals surface area contributed by atoms with Crippen LogP contribution in [0.15, 0.2) is 72.9 Å². The summed E-state index contributed by atoms with van der Waals surface area (Å²) >= 11 is 12.4. The van der Waals surface area contributed by atoms with Gasteiger partial charge >= 0.3 is 0 Å². The van der Waals surface area contributed by atoms with E-state index in [2.05, 4.69) is 58.7 Å². The van der Waals surface area contributed by atoms with Crippen LogP contribution in [0.3, 0.4) is 0 Å². The van der Waals surface area contributed by atoms with Gasteiger partial charge in [0.15, 0.2) is 5.11 Å². The van der Waals surface area contributed by atoms with Gasteiger partial charge in [0.25, 0.3) is 0 Å². The van der Waals surface area contributed by atoms with Crippen molar-refractivity contribution in [2.75, 3.05) is 12.0 Å². The molecule has 0 spiro atoms. The van der Waals surface area contributed by atoms with E-state index in [9.17, 15) is 0 Å². The van der Waals surface area contributed by atoms with Crippen LogP contribution in [0.1, 0.15) is 40.3 Å². The van der Waals surface area contributed by atoms with Crippen LogP contribution < -0.4 is 15.0 Å².